The third kappa shape index (κ3) is 2.48. The van der Waals surface area contributed by atoms with Gasteiger partial charge < -0.3 is 7.97 Å². The molecule has 1 amide bonds. The molecular formula is C8H8ClIN2O2. The lowest BCUT2D eigenvalue weighted by Gasteiger charge is -2.10. The van der Waals surface area contributed by atoms with Gasteiger partial charge in [0.05, 0.1) is 5.56 Å². The third-order valence-electron chi connectivity index (χ3n) is 1.54. The summed E-state index contributed by atoms with van der Waals surface area (Å²) in [5.74, 6) is 0.202. The zero-order valence-corrected chi connectivity index (χ0v) is 10.5. The molecule has 0 atom stereocenters. The summed E-state index contributed by atoms with van der Waals surface area (Å²) in [7, 11) is 3.31. The standard InChI is InChI=1S/C8H8ClIN2O2/c1-12(2)8(13)5-3-4-6(14-10)11-7(5)9/h3-4H,1-2H3. The highest BCUT2D eigenvalue weighted by Crippen LogP contribution is 2.19. The van der Waals surface area contributed by atoms with Gasteiger partial charge >= 0.3 is 0 Å². The van der Waals surface area contributed by atoms with Crippen LogP contribution in [-0.4, -0.2) is 29.9 Å². The second-order valence-electron chi connectivity index (χ2n) is 2.76. The monoisotopic (exact) mass is 326 g/mol. The number of rotatable bonds is 2. The van der Waals surface area contributed by atoms with Crippen LogP contribution in [0.25, 0.3) is 0 Å². The van der Waals surface area contributed by atoms with E-state index in [2.05, 4.69) is 4.98 Å². The van der Waals surface area contributed by atoms with Crippen molar-refractivity contribution in [1.29, 1.82) is 0 Å². The lowest BCUT2D eigenvalue weighted by atomic mass is 10.2. The minimum atomic E-state index is -0.178. The van der Waals surface area contributed by atoms with E-state index in [0.29, 0.717) is 11.4 Å². The molecule has 1 aromatic rings. The summed E-state index contributed by atoms with van der Waals surface area (Å²) in [6.45, 7) is 0. The van der Waals surface area contributed by atoms with Crippen molar-refractivity contribution in [3.63, 3.8) is 0 Å². The van der Waals surface area contributed by atoms with Gasteiger partial charge in [0, 0.05) is 20.2 Å². The van der Waals surface area contributed by atoms with Gasteiger partial charge in [-0.15, -0.1) is 0 Å². The van der Waals surface area contributed by atoms with Crippen LogP contribution >= 0.6 is 34.6 Å². The quantitative estimate of drug-likeness (QED) is 0.618. The second kappa shape index (κ2) is 4.79. The molecule has 0 spiro atoms. The molecule has 0 aromatic carbocycles. The summed E-state index contributed by atoms with van der Waals surface area (Å²) < 4.78 is 4.84. The van der Waals surface area contributed by atoms with Crippen LogP contribution in [0, 0.1) is 0 Å². The highest BCUT2D eigenvalue weighted by molar-refractivity contribution is 14.1. The Bertz CT molecular complexity index is 357. The summed E-state index contributed by atoms with van der Waals surface area (Å²) in [4.78, 5) is 16.8. The Morgan fingerprint density at radius 3 is 2.64 bits per heavy atom. The second-order valence-corrected chi connectivity index (χ2v) is 3.56. The van der Waals surface area contributed by atoms with E-state index in [0.717, 1.165) is 0 Å². The summed E-state index contributed by atoms with van der Waals surface area (Å²) in [6.07, 6.45) is 0. The van der Waals surface area contributed by atoms with Crippen molar-refractivity contribution in [2.24, 2.45) is 0 Å². The van der Waals surface area contributed by atoms with Gasteiger partial charge in [0.2, 0.25) is 5.88 Å². The van der Waals surface area contributed by atoms with Gasteiger partial charge in [0.1, 0.15) is 5.15 Å². The van der Waals surface area contributed by atoms with E-state index in [1.165, 1.54) is 4.90 Å². The van der Waals surface area contributed by atoms with E-state index in [4.69, 9.17) is 14.7 Å². The number of pyridine rings is 1. The van der Waals surface area contributed by atoms with E-state index in [1.54, 1.807) is 49.2 Å². The van der Waals surface area contributed by atoms with Crippen LogP contribution in [0.4, 0.5) is 0 Å². The molecule has 0 N–H and O–H groups in total. The van der Waals surface area contributed by atoms with E-state index in [1.807, 2.05) is 0 Å². The lowest BCUT2D eigenvalue weighted by molar-refractivity contribution is 0.0827. The normalized spacial score (nSPS) is 9.71. The molecule has 0 aliphatic rings. The molecule has 0 unspecified atom stereocenters. The van der Waals surface area contributed by atoms with Crippen LogP contribution in [0.2, 0.25) is 5.15 Å². The lowest BCUT2D eigenvalue weighted by Crippen LogP contribution is -2.22. The van der Waals surface area contributed by atoms with Crippen molar-refractivity contribution >= 4 is 40.5 Å². The van der Waals surface area contributed by atoms with Gasteiger partial charge in [-0.3, -0.25) is 4.79 Å². The van der Waals surface area contributed by atoms with E-state index in [-0.39, 0.29) is 11.1 Å². The number of aromatic nitrogens is 1. The number of hydrogen-bond donors (Lipinski definition) is 0. The van der Waals surface area contributed by atoms with Gasteiger partial charge in [-0.1, -0.05) is 11.6 Å². The zero-order chi connectivity index (χ0) is 10.7. The first kappa shape index (κ1) is 11.5. The van der Waals surface area contributed by atoms with Crippen molar-refractivity contribution < 1.29 is 7.86 Å². The van der Waals surface area contributed by atoms with E-state index < -0.39 is 0 Å². The average molecular weight is 327 g/mol. The summed E-state index contributed by atoms with van der Waals surface area (Å²) in [5.41, 5.74) is 0.369. The molecule has 0 bridgehead atoms. The number of carbonyl (C=O) groups excluding carboxylic acids is 1. The Kier molecular flexibility index (Phi) is 3.94. The zero-order valence-electron chi connectivity index (χ0n) is 7.62. The number of nitrogens with zero attached hydrogens (tertiary/aromatic N) is 2. The fourth-order valence-corrected chi connectivity index (χ4v) is 1.33. The van der Waals surface area contributed by atoms with Gasteiger partial charge in [-0.05, 0) is 6.07 Å². The number of halogens is 2. The van der Waals surface area contributed by atoms with Gasteiger partial charge in [0.15, 0.2) is 23.0 Å². The van der Waals surface area contributed by atoms with Crippen LogP contribution in [0.15, 0.2) is 12.1 Å². The molecule has 0 saturated carbocycles. The molecule has 1 heterocycles. The fourth-order valence-electron chi connectivity index (χ4n) is 0.861. The molecule has 0 radical (unpaired) electrons. The van der Waals surface area contributed by atoms with Crippen molar-refractivity contribution in [3.8, 4) is 5.88 Å². The van der Waals surface area contributed by atoms with E-state index in [9.17, 15) is 4.79 Å². The summed E-state index contributed by atoms with van der Waals surface area (Å²) >= 11 is 7.50. The highest BCUT2D eigenvalue weighted by Gasteiger charge is 2.13. The van der Waals surface area contributed by atoms with Gasteiger partial charge in [-0.2, -0.15) is 0 Å². The predicted molar refractivity (Wildman–Crippen MR) is 61.9 cm³/mol. The molecule has 0 fully saturated rings. The molecule has 1 aromatic heterocycles. The highest BCUT2D eigenvalue weighted by atomic mass is 127. The Hall–Kier alpha value is -0.560. The number of amides is 1. The molecule has 1 rings (SSSR count). The summed E-state index contributed by atoms with van der Waals surface area (Å²) in [6, 6.07) is 3.18. The van der Waals surface area contributed by atoms with Crippen LogP contribution < -0.4 is 3.07 Å². The van der Waals surface area contributed by atoms with Crippen LogP contribution in [-0.2, 0) is 0 Å². The third-order valence-corrected chi connectivity index (χ3v) is 2.28. The SMILES string of the molecule is CN(C)C(=O)c1ccc(OI)nc1Cl. The van der Waals surface area contributed by atoms with E-state index >= 15 is 0 Å². The Morgan fingerprint density at radius 1 is 1.57 bits per heavy atom. The molecular weight excluding hydrogens is 318 g/mol. The van der Waals surface area contributed by atoms with Crippen molar-refractivity contribution in [3.05, 3.63) is 22.8 Å². The van der Waals surface area contributed by atoms with Crippen LogP contribution in [0.1, 0.15) is 10.4 Å². The first-order valence-corrected chi connectivity index (χ1v) is 4.99. The van der Waals surface area contributed by atoms with Crippen molar-refractivity contribution in [1.82, 2.24) is 9.88 Å². The van der Waals surface area contributed by atoms with Crippen molar-refractivity contribution in [2.75, 3.05) is 14.1 Å². The molecule has 6 heteroatoms. The average Bonchev–Trinajstić information content (AvgIpc) is 2.16. The Balaban J connectivity index is 3.06. The molecule has 76 valence electrons. The van der Waals surface area contributed by atoms with Gasteiger partial charge in [0.25, 0.3) is 5.91 Å². The number of hydrogen-bond acceptors (Lipinski definition) is 3. The molecule has 14 heavy (non-hydrogen) atoms. The smallest absolute Gasteiger partial charge is 0.256 e. The molecule has 0 saturated heterocycles. The Morgan fingerprint density at radius 2 is 2.21 bits per heavy atom. The van der Waals surface area contributed by atoms with Crippen molar-refractivity contribution in [2.45, 2.75) is 0 Å². The topological polar surface area (TPSA) is 42.4 Å². The number of carbonyl (C=O) groups is 1. The first-order valence-electron chi connectivity index (χ1n) is 3.73. The summed E-state index contributed by atoms with van der Waals surface area (Å²) in [5, 5.41) is 0.151. The maximum Gasteiger partial charge on any atom is 0.256 e. The maximum atomic E-state index is 11.5. The Labute approximate surface area is 101 Å². The molecule has 0 aliphatic carbocycles. The first-order chi connectivity index (χ1) is 6.56. The van der Waals surface area contributed by atoms with Gasteiger partial charge in [-0.25, -0.2) is 4.98 Å². The van der Waals surface area contributed by atoms with Crippen LogP contribution in [0.5, 0.6) is 5.88 Å². The maximum absolute atomic E-state index is 11.5. The molecule has 0 aliphatic heterocycles. The minimum Gasteiger partial charge on any atom is -0.408 e. The minimum absolute atomic E-state index is 0.151. The fraction of sp³-hybridized carbons (Fsp3) is 0.250. The predicted octanol–water partition coefficient (Wildman–Crippen LogP) is 2.17. The largest absolute Gasteiger partial charge is 0.408 e. The molecule has 4 nitrogen and oxygen atoms in total. The van der Waals surface area contributed by atoms with Crippen LogP contribution in [0.3, 0.4) is 0 Å².